The maximum absolute atomic E-state index is 11.3. The number of carbonyl (C=O) groups is 1. The molecule has 1 aliphatic heterocycles. The smallest absolute Gasteiger partial charge is 0.323 e. The highest BCUT2D eigenvalue weighted by Gasteiger charge is 2.40. The first-order valence-electron chi connectivity index (χ1n) is 5.52. The van der Waals surface area contributed by atoms with E-state index in [1.807, 2.05) is 13.8 Å². The van der Waals surface area contributed by atoms with E-state index in [-0.39, 0.29) is 0 Å². The molecule has 0 aromatic rings. The summed E-state index contributed by atoms with van der Waals surface area (Å²) < 4.78 is 0. The van der Waals surface area contributed by atoms with Crippen LogP contribution >= 0.6 is 0 Å². The van der Waals surface area contributed by atoms with Crippen molar-refractivity contribution >= 4 is 5.97 Å². The maximum Gasteiger partial charge on any atom is 0.323 e. The summed E-state index contributed by atoms with van der Waals surface area (Å²) in [5, 5.41) is 9.26. The number of aliphatic carboxylic acids is 1. The normalized spacial score (nSPS) is 28.4. The molecule has 82 valence electrons. The van der Waals surface area contributed by atoms with Gasteiger partial charge in [-0.1, -0.05) is 13.3 Å². The van der Waals surface area contributed by atoms with Crippen molar-refractivity contribution in [2.24, 2.45) is 0 Å². The van der Waals surface area contributed by atoms with Crippen LogP contribution in [-0.2, 0) is 4.79 Å². The number of hydrogen-bond donors (Lipinski definition) is 1. The number of nitrogens with zero attached hydrogens (tertiary/aromatic N) is 1. The van der Waals surface area contributed by atoms with E-state index < -0.39 is 11.5 Å². The van der Waals surface area contributed by atoms with E-state index in [2.05, 4.69) is 11.8 Å². The second-order valence-corrected chi connectivity index (χ2v) is 4.47. The summed E-state index contributed by atoms with van der Waals surface area (Å²) in [6, 6.07) is 0.407. The van der Waals surface area contributed by atoms with E-state index in [4.69, 9.17) is 0 Å². The summed E-state index contributed by atoms with van der Waals surface area (Å²) in [6.07, 6.45) is 4.17. The fourth-order valence-corrected chi connectivity index (χ4v) is 2.31. The fraction of sp³-hybridized carbons (Fsp3) is 0.909. The van der Waals surface area contributed by atoms with Crippen LogP contribution in [0.1, 0.15) is 46.5 Å². The molecule has 3 heteroatoms. The molecule has 1 aliphatic rings. The second-order valence-electron chi connectivity index (χ2n) is 4.47. The van der Waals surface area contributed by atoms with E-state index in [0.717, 1.165) is 19.4 Å². The van der Waals surface area contributed by atoms with Gasteiger partial charge in [0.15, 0.2) is 0 Å². The molecule has 1 fully saturated rings. The second kappa shape index (κ2) is 4.30. The maximum atomic E-state index is 11.3. The summed E-state index contributed by atoms with van der Waals surface area (Å²) in [7, 11) is 0. The zero-order valence-electron chi connectivity index (χ0n) is 9.42. The number of likely N-dealkylation sites (tertiary alicyclic amines) is 1. The van der Waals surface area contributed by atoms with Crippen LogP contribution in [0.4, 0.5) is 0 Å². The molecule has 0 aliphatic carbocycles. The van der Waals surface area contributed by atoms with Crippen LogP contribution in [0.15, 0.2) is 0 Å². The van der Waals surface area contributed by atoms with Gasteiger partial charge in [0.1, 0.15) is 5.54 Å². The Morgan fingerprint density at radius 2 is 2.21 bits per heavy atom. The lowest BCUT2D eigenvalue weighted by Crippen LogP contribution is -2.57. The SMILES string of the molecule is CCC(C)(C(=O)O)N1CCCCC1C. The molecule has 1 heterocycles. The van der Waals surface area contributed by atoms with Crippen LogP contribution in [0.5, 0.6) is 0 Å². The highest BCUT2D eigenvalue weighted by Crippen LogP contribution is 2.28. The first-order chi connectivity index (χ1) is 6.52. The van der Waals surface area contributed by atoms with Crippen molar-refractivity contribution in [2.75, 3.05) is 6.54 Å². The summed E-state index contributed by atoms with van der Waals surface area (Å²) in [6.45, 7) is 6.86. The molecule has 0 saturated carbocycles. The van der Waals surface area contributed by atoms with Gasteiger partial charge >= 0.3 is 5.97 Å². The quantitative estimate of drug-likeness (QED) is 0.756. The Morgan fingerprint density at radius 1 is 1.57 bits per heavy atom. The van der Waals surface area contributed by atoms with Crippen molar-refractivity contribution in [1.29, 1.82) is 0 Å². The van der Waals surface area contributed by atoms with Crippen LogP contribution in [0.3, 0.4) is 0 Å². The first kappa shape index (κ1) is 11.5. The molecule has 0 amide bonds. The minimum Gasteiger partial charge on any atom is -0.480 e. The summed E-state index contributed by atoms with van der Waals surface area (Å²) in [5.41, 5.74) is -0.667. The Hall–Kier alpha value is -0.570. The molecular weight excluding hydrogens is 178 g/mol. The predicted octanol–water partition coefficient (Wildman–Crippen LogP) is 2.11. The van der Waals surface area contributed by atoms with Crippen LogP contribution in [0.2, 0.25) is 0 Å². The van der Waals surface area contributed by atoms with Crippen LogP contribution in [0, 0.1) is 0 Å². The zero-order chi connectivity index (χ0) is 10.8. The van der Waals surface area contributed by atoms with Crippen molar-refractivity contribution in [3.63, 3.8) is 0 Å². The van der Waals surface area contributed by atoms with Crippen LogP contribution < -0.4 is 0 Å². The molecule has 0 spiro atoms. The molecule has 2 unspecified atom stereocenters. The number of hydrogen-bond acceptors (Lipinski definition) is 2. The van der Waals surface area contributed by atoms with Gasteiger partial charge < -0.3 is 5.11 Å². The topological polar surface area (TPSA) is 40.5 Å². The molecule has 0 bridgehead atoms. The molecule has 14 heavy (non-hydrogen) atoms. The van der Waals surface area contributed by atoms with E-state index in [1.54, 1.807) is 0 Å². The lowest BCUT2D eigenvalue weighted by atomic mass is 9.90. The van der Waals surface area contributed by atoms with Gasteiger partial charge in [-0.25, -0.2) is 0 Å². The van der Waals surface area contributed by atoms with Crippen molar-refractivity contribution in [2.45, 2.75) is 58.0 Å². The van der Waals surface area contributed by atoms with Crippen molar-refractivity contribution in [1.82, 2.24) is 4.90 Å². The molecule has 0 radical (unpaired) electrons. The average molecular weight is 199 g/mol. The minimum atomic E-state index is -0.686. The number of piperidine rings is 1. The third-order valence-corrected chi connectivity index (χ3v) is 3.59. The molecule has 1 rings (SSSR count). The van der Waals surface area contributed by atoms with Gasteiger partial charge in [0.05, 0.1) is 0 Å². The van der Waals surface area contributed by atoms with Crippen LogP contribution in [0.25, 0.3) is 0 Å². The number of rotatable bonds is 3. The highest BCUT2D eigenvalue weighted by atomic mass is 16.4. The lowest BCUT2D eigenvalue weighted by molar-refractivity contribution is -0.153. The van der Waals surface area contributed by atoms with Crippen molar-refractivity contribution in [3.8, 4) is 0 Å². The Balaban J connectivity index is 2.81. The van der Waals surface area contributed by atoms with Crippen molar-refractivity contribution in [3.05, 3.63) is 0 Å². The Kier molecular flexibility index (Phi) is 3.53. The van der Waals surface area contributed by atoms with E-state index >= 15 is 0 Å². The van der Waals surface area contributed by atoms with Gasteiger partial charge in [-0.05, 0) is 39.7 Å². The highest BCUT2D eigenvalue weighted by molar-refractivity contribution is 5.78. The third kappa shape index (κ3) is 1.92. The average Bonchev–Trinajstić information content (AvgIpc) is 2.17. The van der Waals surface area contributed by atoms with Gasteiger partial charge in [-0.15, -0.1) is 0 Å². The molecule has 1 saturated heterocycles. The van der Waals surface area contributed by atoms with E-state index in [9.17, 15) is 9.90 Å². The first-order valence-corrected chi connectivity index (χ1v) is 5.52. The van der Waals surface area contributed by atoms with Gasteiger partial charge in [0.25, 0.3) is 0 Å². The minimum absolute atomic E-state index is 0.407. The standard InChI is InChI=1S/C11H21NO2/c1-4-11(3,10(13)14)12-8-6-5-7-9(12)2/h9H,4-8H2,1-3H3,(H,13,14). The molecule has 1 N–H and O–H groups in total. The Labute approximate surface area is 86.1 Å². The van der Waals surface area contributed by atoms with Gasteiger partial charge in [-0.3, -0.25) is 9.69 Å². The Morgan fingerprint density at radius 3 is 2.64 bits per heavy atom. The molecule has 0 aromatic carbocycles. The van der Waals surface area contributed by atoms with Crippen LogP contribution in [-0.4, -0.2) is 34.1 Å². The zero-order valence-corrected chi connectivity index (χ0v) is 9.42. The van der Waals surface area contributed by atoms with Gasteiger partial charge in [0.2, 0.25) is 0 Å². The summed E-state index contributed by atoms with van der Waals surface area (Å²) >= 11 is 0. The third-order valence-electron chi connectivity index (χ3n) is 3.59. The summed E-state index contributed by atoms with van der Waals surface area (Å²) in [5.74, 6) is -0.686. The molecule has 0 aromatic heterocycles. The van der Waals surface area contributed by atoms with Gasteiger partial charge in [-0.2, -0.15) is 0 Å². The largest absolute Gasteiger partial charge is 0.480 e. The lowest BCUT2D eigenvalue weighted by Gasteiger charge is -2.44. The molecule has 3 nitrogen and oxygen atoms in total. The monoisotopic (exact) mass is 199 g/mol. The predicted molar refractivity (Wildman–Crippen MR) is 56.4 cm³/mol. The summed E-state index contributed by atoms with van der Waals surface area (Å²) in [4.78, 5) is 13.4. The number of carboxylic acid groups (broad SMARTS) is 1. The molecular formula is C11H21NO2. The molecule has 2 atom stereocenters. The van der Waals surface area contributed by atoms with E-state index in [1.165, 1.54) is 6.42 Å². The Bertz CT molecular complexity index is 217. The van der Waals surface area contributed by atoms with E-state index in [0.29, 0.717) is 12.5 Å². The van der Waals surface area contributed by atoms with Crippen molar-refractivity contribution < 1.29 is 9.90 Å². The number of carboxylic acids is 1. The fourth-order valence-electron chi connectivity index (χ4n) is 2.31. The van der Waals surface area contributed by atoms with Gasteiger partial charge in [0, 0.05) is 6.04 Å².